The van der Waals surface area contributed by atoms with Crippen LogP contribution in [0.2, 0.25) is 0 Å². The van der Waals surface area contributed by atoms with Gasteiger partial charge in [0.1, 0.15) is 17.1 Å². The van der Waals surface area contributed by atoms with Gasteiger partial charge in [0.15, 0.2) is 12.6 Å². The molecule has 2 rings (SSSR count). The highest BCUT2D eigenvalue weighted by atomic mass is 127. The highest BCUT2D eigenvalue weighted by Gasteiger charge is 2.29. The minimum Gasteiger partial charge on any atom is -0.468 e. The van der Waals surface area contributed by atoms with Crippen LogP contribution in [0.3, 0.4) is 0 Å². The van der Waals surface area contributed by atoms with Crippen molar-refractivity contribution in [1.82, 2.24) is 15.6 Å². The number of aliphatic hydroxyl groups is 1. The van der Waals surface area contributed by atoms with E-state index in [1.807, 2.05) is 6.92 Å². The van der Waals surface area contributed by atoms with Crippen molar-refractivity contribution in [2.45, 2.75) is 39.1 Å². The fourth-order valence-corrected chi connectivity index (χ4v) is 2.40. The molecule has 0 aliphatic heterocycles. The standard InChI is InChI=1S/C19H25F3N4O3.HI/c1-4-23-17(26-11-18(3,27)15-8-7-13(2)29-15)25-10-14-6-5-9-24-16(14)28-12-19(20,21)22;/h5-9,27H,4,10-12H2,1-3H3,(H2,23,25,26);1H. The Morgan fingerprint density at radius 3 is 2.60 bits per heavy atom. The van der Waals surface area contributed by atoms with Gasteiger partial charge in [0.2, 0.25) is 5.88 Å². The van der Waals surface area contributed by atoms with Gasteiger partial charge in [-0.25, -0.2) is 9.98 Å². The van der Waals surface area contributed by atoms with E-state index >= 15 is 0 Å². The molecule has 0 aliphatic carbocycles. The molecule has 0 spiro atoms. The van der Waals surface area contributed by atoms with Gasteiger partial charge in [-0.05, 0) is 39.0 Å². The monoisotopic (exact) mass is 542 g/mol. The summed E-state index contributed by atoms with van der Waals surface area (Å²) in [7, 11) is 0. The van der Waals surface area contributed by atoms with E-state index in [1.54, 1.807) is 38.1 Å². The van der Waals surface area contributed by atoms with E-state index in [0.29, 0.717) is 29.6 Å². The maximum atomic E-state index is 12.4. The molecule has 1 unspecified atom stereocenters. The first-order chi connectivity index (χ1) is 13.6. The molecule has 2 aromatic heterocycles. The third-order valence-electron chi connectivity index (χ3n) is 3.85. The molecule has 2 heterocycles. The minimum absolute atomic E-state index is 0. The van der Waals surface area contributed by atoms with Crippen LogP contribution >= 0.6 is 24.0 Å². The van der Waals surface area contributed by atoms with Crippen LogP contribution < -0.4 is 15.4 Å². The largest absolute Gasteiger partial charge is 0.468 e. The van der Waals surface area contributed by atoms with Gasteiger partial charge in [0.25, 0.3) is 0 Å². The van der Waals surface area contributed by atoms with Crippen LogP contribution in [0.4, 0.5) is 13.2 Å². The van der Waals surface area contributed by atoms with Crippen LogP contribution in [0.25, 0.3) is 0 Å². The quantitative estimate of drug-likeness (QED) is 0.269. The number of alkyl halides is 3. The number of furan rings is 1. The van der Waals surface area contributed by atoms with E-state index in [0.717, 1.165) is 0 Å². The number of ether oxygens (including phenoxy) is 1. The number of guanidine groups is 1. The van der Waals surface area contributed by atoms with E-state index in [1.165, 1.54) is 6.20 Å². The summed E-state index contributed by atoms with van der Waals surface area (Å²) in [6.07, 6.45) is -3.10. The molecule has 0 saturated carbocycles. The van der Waals surface area contributed by atoms with Crippen LogP contribution in [0.1, 0.15) is 30.9 Å². The number of nitrogens with zero attached hydrogens (tertiary/aromatic N) is 2. The lowest BCUT2D eigenvalue weighted by atomic mass is 10.0. The minimum atomic E-state index is -4.45. The molecule has 0 radical (unpaired) electrons. The Morgan fingerprint density at radius 2 is 2.00 bits per heavy atom. The van der Waals surface area contributed by atoms with E-state index in [4.69, 9.17) is 9.15 Å². The Balaban J connectivity index is 0.00000450. The lowest BCUT2D eigenvalue weighted by molar-refractivity contribution is -0.154. The number of hydrogen-bond donors (Lipinski definition) is 3. The van der Waals surface area contributed by atoms with Gasteiger partial charge in [-0.1, -0.05) is 6.07 Å². The summed E-state index contributed by atoms with van der Waals surface area (Å²) in [5, 5.41) is 16.6. The topological polar surface area (TPSA) is 91.9 Å². The summed E-state index contributed by atoms with van der Waals surface area (Å²) < 4.78 is 47.5. The Kier molecular flexibility index (Phi) is 9.88. The zero-order valence-corrected chi connectivity index (χ0v) is 19.2. The Labute approximate surface area is 190 Å². The molecule has 0 bridgehead atoms. The summed E-state index contributed by atoms with van der Waals surface area (Å²) in [6, 6.07) is 6.64. The van der Waals surface area contributed by atoms with Gasteiger partial charge in [0.05, 0.1) is 13.1 Å². The van der Waals surface area contributed by atoms with Crippen LogP contribution in [-0.4, -0.2) is 41.9 Å². The van der Waals surface area contributed by atoms with Crippen molar-refractivity contribution in [3.05, 3.63) is 47.5 Å². The zero-order chi connectivity index (χ0) is 21.5. The second kappa shape index (κ2) is 11.4. The van der Waals surface area contributed by atoms with Crippen molar-refractivity contribution in [1.29, 1.82) is 0 Å². The van der Waals surface area contributed by atoms with Crippen LogP contribution in [-0.2, 0) is 12.1 Å². The normalized spacial score (nSPS) is 13.9. The first-order valence-corrected chi connectivity index (χ1v) is 9.05. The molecule has 0 amide bonds. The molecule has 7 nitrogen and oxygen atoms in total. The van der Waals surface area contributed by atoms with Crippen LogP contribution in [0.15, 0.2) is 39.9 Å². The molecule has 30 heavy (non-hydrogen) atoms. The van der Waals surface area contributed by atoms with E-state index in [2.05, 4.69) is 20.6 Å². The smallest absolute Gasteiger partial charge is 0.422 e. The Bertz CT molecular complexity index is 825. The predicted molar refractivity (Wildman–Crippen MR) is 117 cm³/mol. The number of aromatic nitrogens is 1. The Hall–Kier alpha value is -2.02. The highest BCUT2D eigenvalue weighted by Crippen LogP contribution is 2.22. The predicted octanol–water partition coefficient (Wildman–Crippen LogP) is 3.50. The van der Waals surface area contributed by atoms with Crippen molar-refractivity contribution >= 4 is 29.9 Å². The molecule has 1 atom stereocenters. The SMILES string of the molecule is CCNC(=NCc1cccnc1OCC(F)(F)F)NCC(C)(O)c1ccc(C)o1.I. The summed E-state index contributed by atoms with van der Waals surface area (Å²) in [4.78, 5) is 8.19. The molecular weight excluding hydrogens is 516 g/mol. The van der Waals surface area contributed by atoms with Crippen molar-refractivity contribution in [3.63, 3.8) is 0 Å². The number of aliphatic imine (C=N–C) groups is 1. The van der Waals surface area contributed by atoms with Gasteiger partial charge in [-0.15, -0.1) is 24.0 Å². The average Bonchev–Trinajstić information content (AvgIpc) is 3.10. The number of nitrogens with one attached hydrogen (secondary N) is 2. The van der Waals surface area contributed by atoms with E-state index < -0.39 is 18.4 Å². The van der Waals surface area contributed by atoms with Gasteiger partial charge >= 0.3 is 6.18 Å². The summed E-state index contributed by atoms with van der Waals surface area (Å²) in [6.45, 7) is 4.53. The van der Waals surface area contributed by atoms with Gasteiger partial charge in [-0.3, -0.25) is 0 Å². The van der Waals surface area contributed by atoms with E-state index in [-0.39, 0.29) is 42.9 Å². The molecule has 0 aliphatic rings. The summed E-state index contributed by atoms with van der Waals surface area (Å²) in [5.74, 6) is 1.35. The lowest BCUT2D eigenvalue weighted by Gasteiger charge is -2.23. The molecule has 0 saturated heterocycles. The van der Waals surface area contributed by atoms with Crippen molar-refractivity contribution < 1.29 is 27.4 Å². The van der Waals surface area contributed by atoms with Crippen molar-refractivity contribution in [2.24, 2.45) is 4.99 Å². The second-order valence-electron chi connectivity index (χ2n) is 6.60. The zero-order valence-electron chi connectivity index (χ0n) is 16.9. The number of hydrogen-bond acceptors (Lipinski definition) is 5. The molecule has 2 aromatic rings. The molecular formula is C19H26F3IN4O3. The molecule has 168 valence electrons. The number of pyridine rings is 1. The number of halogens is 4. The maximum absolute atomic E-state index is 12.4. The van der Waals surface area contributed by atoms with Gasteiger partial charge in [-0.2, -0.15) is 13.2 Å². The molecule has 3 N–H and O–H groups in total. The first kappa shape index (κ1) is 26.0. The molecule has 0 aromatic carbocycles. The molecule has 0 fully saturated rings. The van der Waals surface area contributed by atoms with Gasteiger partial charge in [0, 0.05) is 18.3 Å². The number of rotatable bonds is 8. The second-order valence-corrected chi connectivity index (χ2v) is 6.60. The fourth-order valence-electron chi connectivity index (χ4n) is 2.40. The fraction of sp³-hybridized carbons (Fsp3) is 0.474. The van der Waals surface area contributed by atoms with Crippen molar-refractivity contribution in [3.8, 4) is 5.88 Å². The third-order valence-corrected chi connectivity index (χ3v) is 3.85. The van der Waals surface area contributed by atoms with Crippen molar-refractivity contribution in [2.75, 3.05) is 19.7 Å². The highest BCUT2D eigenvalue weighted by molar-refractivity contribution is 14.0. The lowest BCUT2D eigenvalue weighted by Crippen LogP contribution is -2.44. The van der Waals surface area contributed by atoms with Gasteiger partial charge < -0.3 is 24.9 Å². The Morgan fingerprint density at radius 1 is 1.27 bits per heavy atom. The molecule has 11 heteroatoms. The first-order valence-electron chi connectivity index (χ1n) is 9.05. The van der Waals surface area contributed by atoms with Crippen LogP contribution in [0.5, 0.6) is 5.88 Å². The van der Waals surface area contributed by atoms with Crippen LogP contribution in [0, 0.1) is 6.92 Å². The van der Waals surface area contributed by atoms with E-state index in [9.17, 15) is 18.3 Å². The average molecular weight is 542 g/mol. The third kappa shape index (κ3) is 8.38. The summed E-state index contributed by atoms with van der Waals surface area (Å²) >= 11 is 0. The number of aryl methyl sites for hydroxylation is 1. The maximum Gasteiger partial charge on any atom is 0.422 e. The summed E-state index contributed by atoms with van der Waals surface area (Å²) in [5.41, 5.74) is -0.873.